The molecule has 9 heteroatoms. The summed E-state index contributed by atoms with van der Waals surface area (Å²) >= 11 is 1.51. The van der Waals surface area contributed by atoms with Gasteiger partial charge in [-0.25, -0.2) is 27.2 Å². The average molecular weight is 411 g/mol. The number of piperidine rings is 1. The van der Waals surface area contributed by atoms with Crippen LogP contribution in [0.15, 0.2) is 22.3 Å². The number of nitrogens with one attached hydrogen (secondary N) is 1. The number of hydrogen-bond acceptors (Lipinski definition) is 5. The highest BCUT2D eigenvalue weighted by atomic mass is 32.2. The summed E-state index contributed by atoms with van der Waals surface area (Å²) in [6, 6.07) is 3.82. The second kappa shape index (κ2) is 7.89. The van der Waals surface area contributed by atoms with Gasteiger partial charge in [-0.2, -0.15) is 5.10 Å². The van der Waals surface area contributed by atoms with Crippen LogP contribution in [-0.4, -0.2) is 45.8 Å². The molecular formula is C18H26N4O3S2. The van der Waals surface area contributed by atoms with E-state index in [4.69, 9.17) is 0 Å². The molecule has 0 spiro atoms. The molecule has 0 aromatic carbocycles. The lowest BCUT2D eigenvalue weighted by molar-refractivity contribution is 0.265. The fourth-order valence-electron chi connectivity index (χ4n) is 4.29. The van der Waals surface area contributed by atoms with E-state index in [1.165, 1.54) is 11.3 Å². The first-order chi connectivity index (χ1) is 13.1. The smallest absolute Gasteiger partial charge is 0.246 e. The summed E-state index contributed by atoms with van der Waals surface area (Å²) in [6.45, 7) is 1.16. The summed E-state index contributed by atoms with van der Waals surface area (Å²) < 4.78 is 29.1. The van der Waals surface area contributed by atoms with Gasteiger partial charge in [0, 0.05) is 19.5 Å². The molecule has 2 aromatic rings. The first-order valence-electron chi connectivity index (χ1n) is 9.75. The van der Waals surface area contributed by atoms with Gasteiger partial charge in [0.25, 0.3) is 0 Å². The van der Waals surface area contributed by atoms with Gasteiger partial charge in [0.1, 0.15) is 10.8 Å². The Morgan fingerprint density at radius 3 is 2.56 bits per heavy atom. The minimum absolute atomic E-state index is 0.182. The number of rotatable bonds is 5. The number of aromatic amines is 1. The van der Waals surface area contributed by atoms with E-state index >= 15 is 0 Å². The SMILES string of the molecule is O=c1[nH]nc(CC2CCN(S(=O)(=O)C3CCCCC3)CC2)n1-c1cccs1. The number of aromatic nitrogens is 3. The highest BCUT2D eigenvalue weighted by Gasteiger charge is 2.35. The number of sulfonamides is 1. The van der Waals surface area contributed by atoms with Crippen LogP contribution >= 0.6 is 11.3 Å². The van der Waals surface area contributed by atoms with E-state index in [1.807, 2.05) is 17.5 Å². The first kappa shape index (κ1) is 18.9. The van der Waals surface area contributed by atoms with E-state index < -0.39 is 10.0 Å². The van der Waals surface area contributed by atoms with Crippen LogP contribution in [0.1, 0.15) is 50.8 Å². The van der Waals surface area contributed by atoms with Crippen LogP contribution < -0.4 is 5.69 Å². The fourth-order valence-corrected chi connectivity index (χ4v) is 7.11. The van der Waals surface area contributed by atoms with Crippen LogP contribution in [-0.2, 0) is 16.4 Å². The molecule has 2 aromatic heterocycles. The van der Waals surface area contributed by atoms with Crippen molar-refractivity contribution >= 4 is 21.4 Å². The van der Waals surface area contributed by atoms with E-state index in [2.05, 4.69) is 10.2 Å². The topological polar surface area (TPSA) is 88.1 Å². The Bertz CT molecular complexity index is 903. The van der Waals surface area contributed by atoms with Crippen molar-refractivity contribution in [3.05, 3.63) is 33.8 Å². The molecule has 148 valence electrons. The summed E-state index contributed by atoms with van der Waals surface area (Å²) in [7, 11) is -3.16. The van der Waals surface area contributed by atoms with Crippen LogP contribution in [0, 0.1) is 5.92 Å². The number of hydrogen-bond donors (Lipinski definition) is 1. The van der Waals surface area contributed by atoms with Gasteiger partial charge in [0.05, 0.1) is 5.25 Å². The Balaban J connectivity index is 1.40. The predicted octanol–water partition coefficient (Wildman–Crippen LogP) is 2.54. The van der Waals surface area contributed by atoms with Crippen LogP contribution in [0.2, 0.25) is 0 Å². The van der Waals surface area contributed by atoms with Crippen molar-refractivity contribution in [2.24, 2.45) is 5.92 Å². The average Bonchev–Trinajstić information content (AvgIpc) is 3.33. The Morgan fingerprint density at radius 2 is 1.89 bits per heavy atom. The van der Waals surface area contributed by atoms with E-state index in [0.29, 0.717) is 25.4 Å². The third-order valence-corrected chi connectivity index (χ3v) is 9.10. The number of H-pyrrole nitrogens is 1. The van der Waals surface area contributed by atoms with Gasteiger partial charge in [-0.15, -0.1) is 11.3 Å². The zero-order chi connectivity index (χ0) is 18.9. The van der Waals surface area contributed by atoms with Crippen molar-refractivity contribution in [2.75, 3.05) is 13.1 Å². The van der Waals surface area contributed by atoms with Crippen LogP contribution in [0.5, 0.6) is 0 Å². The highest BCUT2D eigenvalue weighted by Crippen LogP contribution is 2.30. The molecule has 0 unspecified atom stereocenters. The fraction of sp³-hybridized carbons (Fsp3) is 0.667. The van der Waals surface area contributed by atoms with Crippen molar-refractivity contribution < 1.29 is 8.42 Å². The normalized spacial score (nSPS) is 20.9. The van der Waals surface area contributed by atoms with Crippen molar-refractivity contribution in [1.82, 2.24) is 19.1 Å². The second-order valence-corrected chi connectivity index (χ2v) is 10.7. The Hall–Kier alpha value is -1.45. The molecule has 3 heterocycles. The standard InChI is InChI=1S/C18H26N4O3S2/c23-18-20-19-16(22(18)17-7-4-12-26-17)13-14-8-10-21(11-9-14)27(24,25)15-5-2-1-3-6-15/h4,7,12,14-15H,1-3,5-6,8-11,13H2,(H,20,23). The zero-order valence-electron chi connectivity index (χ0n) is 15.3. The van der Waals surface area contributed by atoms with Crippen LogP contribution in [0.3, 0.4) is 0 Å². The molecule has 0 atom stereocenters. The molecule has 1 aliphatic heterocycles. The molecule has 2 fully saturated rings. The van der Waals surface area contributed by atoms with Crippen LogP contribution in [0.25, 0.3) is 5.00 Å². The third kappa shape index (κ3) is 3.90. The molecule has 0 radical (unpaired) electrons. The monoisotopic (exact) mass is 410 g/mol. The molecule has 1 saturated carbocycles. The van der Waals surface area contributed by atoms with E-state index in [0.717, 1.165) is 55.8 Å². The summed E-state index contributed by atoms with van der Waals surface area (Å²) in [6.07, 6.45) is 7.15. The molecule has 1 saturated heterocycles. The maximum atomic E-state index is 12.9. The van der Waals surface area contributed by atoms with Crippen molar-refractivity contribution in [2.45, 2.75) is 56.6 Å². The lowest BCUT2D eigenvalue weighted by Crippen LogP contribution is -2.44. The van der Waals surface area contributed by atoms with E-state index in [9.17, 15) is 13.2 Å². The minimum Gasteiger partial charge on any atom is -0.246 e. The van der Waals surface area contributed by atoms with Gasteiger partial charge < -0.3 is 0 Å². The molecule has 0 bridgehead atoms. The molecule has 1 aliphatic carbocycles. The molecule has 1 N–H and O–H groups in total. The maximum absolute atomic E-state index is 12.9. The molecule has 2 aliphatic rings. The van der Waals surface area contributed by atoms with Gasteiger partial charge in [-0.3, -0.25) is 0 Å². The molecule has 7 nitrogen and oxygen atoms in total. The van der Waals surface area contributed by atoms with Crippen molar-refractivity contribution in [3.8, 4) is 5.00 Å². The predicted molar refractivity (Wildman–Crippen MR) is 106 cm³/mol. The van der Waals surface area contributed by atoms with Gasteiger partial charge >= 0.3 is 5.69 Å². The number of nitrogens with zero attached hydrogens (tertiary/aromatic N) is 3. The second-order valence-electron chi connectivity index (χ2n) is 7.58. The summed E-state index contributed by atoms with van der Waals surface area (Å²) in [5, 5.41) is 9.37. The third-order valence-electron chi connectivity index (χ3n) is 5.85. The summed E-state index contributed by atoms with van der Waals surface area (Å²) in [4.78, 5) is 12.1. The first-order valence-corrected chi connectivity index (χ1v) is 12.1. The number of thiophene rings is 1. The van der Waals surface area contributed by atoms with Gasteiger partial charge in [0.15, 0.2) is 0 Å². The summed E-state index contributed by atoms with van der Waals surface area (Å²) in [5.41, 5.74) is -0.218. The van der Waals surface area contributed by atoms with Crippen molar-refractivity contribution in [1.29, 1.82) is 0 Å². The Labute approximate surface area is 163 Å². The molecule has 0 amide bonds. The van der Waals surface area contributed by atoms with Gasteiger partial charge in [-0.1, -0.05) is 19.3 Å². The largest absolute Gasteiger partial charge is 0.348 e. The van der Waals surface area contributed by atoms with Gasteiger partial charge in [-0.05, 0) is 49.1 Å². The Morgan fingerprint density at radius 1 is 1.15 bits per heavy atom. The van der Waals surface area contributed by atoms with Crippen molar-refractivity contribution in [3.63, 3.8) is 0 Å². The zero-order valence-corrected chi connectivity index (χ0v) is 17.0. The van der Waals surface area contributed by atoms with E-state index in [1.54, 1.807) is 8.87 Å². The minimum atomic E-state index is -3.16. The lowest BCUT2D eigenvalue weighted by Gasteiger charge is -2.34. The van der Waals surface area contributed by atoms with Gasteiger partial charge in [0.2, 0.25) is 10.0 Å². The molecule has 4 rings (SSSR count). The van der Waals surface area contributed by atoms with E-state index in [-0.39, 0.29) is 10.9 Å². The quantitative estimate of drug-likeness (QED) is 0.820. The highest BCUT2D eigenvalue weighted by molar-refractivity contribution is 7.89. The van der Waals surface area contributed by atoms with Crippen LogP contribution in [0.4, 0.5) is 0 Å². The maximum Gasteiger partial charge on any atom is 0.348 e. The molecule has 27 heavy (non-hydrogen) atoms. The Kier molecular flexibility index (Phi) is 5.52. The lowest BCUT2D eigenvalue weighted by atomic mass is 9.94. The molecular weight excluding hydrogens is 384 g/mol. The summed E-state index contributed by atoms with van der Waals surface area (Å²) in [5.74, 6) is 1.08.